The van der Waals surface area contributed by atoms with E-state index in [1.54, 1.807) is 29.5 Å². The van der Waals surface area contributed by atoms with E-state index in [1.165, 1.54) is 0 Å². The van der Waals surface area contributed by atoms with Gasteiger partial charge in [-0.25, -0.2) is 9.97 Å². The van der Waals surface area contributed by atoms with Crippen molar-refractivity contribution < 1.29 is 14.0 Å². The van der Waals surface area contributed by atoms with Crippen LogP contribution in [0.3, 0.4) is 0 Å². The summed E-state index contributed by atoms with van der Waals surface area (Å²) in [5.41, 5.74) is 2.12. The van der Waals surface area contributed by atoms with Crippen LogP contribution in [0.5, 0.6) is 0 Å². The Labute approximate surface area is 162 Å². The first kappa shape index (κ1) is 17.9. The van der Waals surface area contributed by atoms with E-state index in [1.807, 2.05) is 30.3 Å². The third-order valence-electron chi connectivity index (χ3n) is 4.63. The molecule has 0 radical (unpaired) electrons. The van der Waals surface area contributed by atoms with Crippen LogP contribution in [-0.2, 0) is 17.8 Å². The van der Waals surface area contributed by atoms with Crippen molar-refractivity contribution in [3.05, 3.63) is 71.9 Å². The van der Waals surface area contributed by atoms with Gasteiger partial charge in [-0.05, 0) is 25.0 Å². The molecular weight excluding hydrogens is 356 g/mol. The SMILES string of the molecule is O=C(CN1CCCc2nc(-c3ccccc3)ncc2C1=O)NCc1ccco1. The fraction of sp³-hybridized carbons (Fsp3) is 0.238. The Morgan fingerprint density at radius 1 is 1.18 bits per heavy atom. The average molecular weight is 376 g/mol. The predicted molar refractivity (Wildman–Crippen MR) is 102 cm³/mol. The van der Waals surface area contributed by atoms with Gasteiger partial charge in [-0.1, -0.05) is 30.3 Å². The van der Waals surface area contributed by atoms with Crippen LogP contribution in [0.2, 0.25) is 0 Å². The van der Waals surface area contributed by atoms with Crippen LogP contribution in [0, 0.1) is 0 Å². The maximum Gasteiger partial charge on any atom is 0.257 e. The van der Waals surface area contributed by atoms with Crippen molar-refractivity contribution in [3.63, 3.8) is 0 Å². The number of fused-ring (bicyclic) bond motifs is 1. The fourth-order valence-electron chi connectivity index (χ4n) is 3.20. The molecule has 3 heterocycles. The molecule has 0 saturated heterocycles. The van der Waals surface area contributed by atoms with Gasteiger partial charge in [0.2, 0.25) is 5.91 Å². The summed E-state index contributed by atoms with van der Waals surface area (Å²) < 4.78 is 5.20. The normalized spacial score (nSPS) is 13.7. The molecule has 0 spiro atoms. The van der Waals surface area contributed by atoms with Crippen LogP contribution < -0.4 is 5.32 Å². The van der Waals surface area contributed by atoms with Gasteiger partial charge in [0.15, 0.2) is 5.82 Å². The highest BCUT2D eigenvalue weighted by atomic mass is 16.3. The number of rotatable bonds is 5. The highest BCUT2D eigenvalue weighted by Crippen LogP contribution is 2.20. The predicted octanol–water partition coefficient (Wildman–Crippen LogP) is 2.44. The topological polar surface area (TPSA) is 88.3 Å². The first-order chi connectivity index (χ1) is 13.7. The zero-order valence-electron chi connectivity index (χ0n) is 15.3. The molecule has 3 aromatic rings. The van der Waals surface area contributed by atoms with Crippen molar-refractivity contribution in [1.82, 2.24) is 20.2 Å². The molecule has 0 saturated carbocycles. The van der Waals surface area contributed by atoms with Crippen molar-refractivity contribution >= 4 is 11.8 Å². The van der Waals surface area contributed by atoms with Crippen LogP contribution >= 0.6 is 0 Å². The van der Waals surface area contributed by atoms with Crippen LogP contribution in [-0.4, -0.2) is 39.8 Å². The first-order valence-electron chi connectivity index (χ1n) is 9.20. The monoisotopic (exact) mass is 376 g/mol. The number of hydrogen-bond donors (Lipinski definition) is 1. The highest BCUT2D eigenvalue weighted by molar-refractivity contribution is 5.97. The zero-order valence-corrected chi connectivity index (χ0v) is 15.3. The Balaban J connectivity index is 1.46. The molecule has 0 atom stereocenters. The lowest BCUT2D eigenvalue weighted by molar-refractivity contribution is -0.122. The number of furan rings is 1. The Hall–Kier alpha value is -3.48. The Morgan fingerprint density at radius 2 is 2.04 bits per heavy atom. The molecule has 7 nitrogen and oxygen atoms in total. The Kier molecular flexibility index (Phi) is 5.14. The number of nitrogens with zero attached hydrogens (tertiary/aromatic N) is 3. The largest absolute Gasteiger partial charge is 0.467 e. The molecule has 1 N–H and O–H groups in total. The summed E-state index contributed by atoms with van der Waals surface area (Å²) >= 11 is 0. The third-order valence-corrected chi connectivity index (χ3v) is 4.63. The van der Waals surface area contributed by atoms with Gasteiger partial charge in [-0.2, -0.15) is 0 Å². The van der Waals surface area contributed by atoms with Gasteiger partial charge in [-0.15, -0.1) is 0 Å². The van der Waals surface area contributed by atoms with E-state index >= 15 is 0 Å². The lowest BCUT2D eigenvalue weighted by Crippen LogP contribution is -2.40. The Bertz CT molecular complexity index is 971. The van der Waals surface area contributed by atoms with Crippen LogP contribution in [0.15, 0.2) is 59.3 Å². The second-order valence-electron chi connectivity index (χ2n) is 6.61. The number of carbonyl (C=O) groups excluding carboxylic acids is 2. The number of carbonyl (C=O) groups is 2. The van der Waals surface area contributed by atoms with Crippen LogP contribution in [0.25, 0.3) is 11.4 Å². The molecule has 0 unspecified atom stereocenters. The highest BCUT2D eigenvalue weighted by Gasteiger charge is 2.26. The van der Waals surface area contributed by atoms with E-state index in [-0.39, 0.29) is 18.4 Å². The molecule has 28 heavy (non-hydrogen) atoms. The second-order valence-corrected chi connectivity index (χ2v) is 6.61. The fourth-order valence-corrected chi connectivity index (χ4v) is 3.20. The summed E-state index contributed by atoms with van der Waals surface area (Å²) in [4.78, 5) is 35.7. The average Bonchev–Trinajstić information content (AvgIpc) is 3.20. The van der Waals surface area contributed by atoms with Gasteiger partial charge >= 0.3 is 0 Å². The molecule has 0 bridgehead atoms. The van der Waals surface area contributed by atoms with E-state index in [4.69, 9.17) is 4.42 Å². The molecular formula is C21H20N4O3. The van der Waals surface area contributed by atoms with E-state index in [2.05, 4.69) is 15.3 Å². The molecule has 2 amide bonds. The number of aromatic nitrogens is 2. The smallest absolute Gasteiger partial charge is 0.257 e. The molecule has 1 aliphatic rings. The zero-order chi connectivity index (χ0) is 19.3. The minimum atomic E-state index is -0.227. The van der Waals surface area contributed by atoms with E-state index < -0.39 is 0 Å². The molecule has 1 aliphatic heterocycles. The molecule has 142 valence electrons. The summed E-state index contributed by atoms with van der Waals surface area (Å²) in [6.45, 7) is 0.803. The van der Waals surface area contributed by atoms with Gasteiger partial charge in [0.1, 0.15) is 5.76 Å². The molecule has 2 aromatic heterocycles. The standard InChI is InChI=1S/C21H20N4O3/c26-19(22-12-16-8-5-11-28-16)14-25-10-4-9-18-17(21(25)27)13-23-20(24-18)15-6-2-1-3-7-15/h1-3,5-8,11,13H,4,9-10,12,14H2,(H,22,26). The van der Waals surface area contributed by atoms with E-state index in [0.29, 0.717) is 36.7 Å². The summed E-state index contributed by atoms with van der Waals surface area (Å²) in [6.07, 6.45) is 4.55. The summed E-state index contributed by atoms with van der Waals surface area (Å²) in [6, 6.07) is 13.2. The minimum Gasteiger partial charge on any atom is -0.467 e. The van der Waals surface area contributed by atoms with Gasteiger partial charge in [0, 0.05) is 18.3 Å². The van der Waals surface area contributed by atoms with Crippen LogP contribution in [0.1, 0.15) is 28.2 Å². The van der Waals surface area contributed by atoms with Crippen molar-refractivity contribution in [2.45, 2.75) is 19.4 Å². The summed E-state index contributed by atoms with van der Waals surface area (Å²) in [5.74, 6) is 0.842. The maximum atomic E-state index is 12.9. The van der Waals surface area contributed by atoms with Crippen molar-refractivity contribution in [1.29, 1.82) is 0 Å². The van der Waals surface area contributed by atoms with Crippen LogP contribution in [0.4, 0.5) is 0 Å². The number of aryl methyl sites for hydroxylation is 1. The molecule has 0 aliphatic carbocycles. The quantitative estimate of drug-likeness (QED) is 0.739. The Morgan fingerprint density at radius 3 is 2.82 bits per heavy atom. The molecule has 4 rings (SSSR count). The number of benzene rings is 1. The molecule has 1 aromatic carbocycles. The summed E-state index contributed by atoms with van der Waals surface area (Å²) in [5, 5.41) is 2.77. The molecule has 0 fully saturated rings. The van der Waals surface area contributed by atoms with Gasteiger partial charge in [0.05, 0.1) is 30.6 Å². The van der Waals surface area contributed by atoms with Gasteiger partial charge < -0.3 is 14.6 Å². The number of nitrogens with one attached hydrogen (secondary N) is 1. The minimum absolute atomic E-state index is 0.000577. The second kappa shape index (κ2) is 8.04. The first-order valence-corrected chi connectivity index (χ1v) is 9.20. The number of hydrogen-bond acceptors (Lipinski definition) is 5. The third kappa shape index (κ3) is 3.93. The summed E-state index contributed by atoms with van der Waals surface area (Å²) in [7, 11) is 0. The lowest BCUT2D eigenvalue weighted by Gasteiger charge is -2.20. The van der Waals surface area contributed by atoms with Crippen molar-refractivity contribution in [2.24, 2.45) is 0 Å². The van der Waals surface area contributed by atoms with Crippen molar-refractivity contribution in [3.8, 4) is 11.4 Å². The van der Waals surface area contributed by atoms with Crippen molar-refractivity contribution in [2.75, 3.05) is 13.1 Å². The van der Waals surface area contributed by atoms with E-state index in [9.17, 15) is 9.59 Å². The lowest BCUT2D eigenvalue weighted by atomic mass is 10.1. The molecule has 7 heteroatoms. The van der Waals surface area contributed by atoms with Gasteiger partial charge in [-0.3, -0.25) is 9.59 Å². The van der Waals surface area contributed by atoms with Gasteiger partial charge in [0.25, 0.3) is 5.91 Å². The maximum absolute atomic E-state index is 12.9. The van der Waals surface area contributed by atoms with E-state index in [0.717, 1.165) is 17.7 Å². The number of amides is 2.